The summed E-state index contributed by atoms with van der Waals surface area (Å²) in [5, 5.41) is 18.5. The molecular weight excluding hydrogens is 276 g/mol. The van der Waals surface area contributed by atoms with Gasteiger partial charge in [-0.1, -0.05) is 54.6 Å². The summed E-state index contributed by atoms with van der Waals surface area (Å²) in [4.78, 5) is 0. The molecule has 0 saturated heterocycles. The van der Waals surface area contributed by atoms with Crippen LogP contribution >= 0.6 is 0 Å². The Morgan fingerprint density at radius 1 is 0.818 bits per heavy atom. The van der Waals surface area contributed by atoms with E-state index in [4.69, 9.17) is 9.78 Å². The predicted molar refractivity (Wildman–Crippen MR) is 83.9 cm³/mol. The molecule has 0 aromatic carbocycles. The van der Waals surface area contributed by atoms with E-state index in [9.17, 15) is 0 Å². The van der Waals surface area contributed by atoms with Crippen molar-refractivity contribution in [1.82, 2.24) is 15.6 Å². The molecule has 0 saturated carbocycles. The fraction of sp³-hybridized carbons (Fsp3) is 0. The van der Waals surface area contributed by atoms with Crippen LogP contribution in [0.5, 0.6) is 0 Å². The molecule has 0 atom stereocenters. The molecule has 0 fully saturated rings. The Hall–Kier alpha value is -3.39. The summed E-state index contributed by atoms with van der Waals surface area (Å²) >= 11 is 0. The first-order chi connectivity index (χ1) is 10.9. The maximum absolute atomic E-state index is 8.97. The highest BCUT2D eigenvalue weighted by Gasteiger charge is 1.77. The second-order valence-electron chi connectivity index (χ2n) is 3.73. The van der Waals surface area contributed by atoms with Crippen molar-refractivity contribution >= 4 is 0 Å². The lowest BCUT2D eigenvalue weighted by atomic mass is 10.3. The Balaban J connectivity index is 3.18. The molecule has 0 aliphatic carbocycles. The van der Waals surface area contributed by atoms with Crippen LogP contribution in [0.4, 0.5) is 0 Å². The Bertz CT molecular complexity index is 647. The van der Waals surface area contributed by atoms with Crippen LogP contribution in [0.25, 0.3) is 0 Å². The van der Waals surface area contributed by atoms with Crippen molar-refractivity contribution in [1.29, 1.82) is 5.26 Å². The lowest BCUT2D eigenvalue weighted by Crippen LogP contribution is -1.74. The lowest BCUT2D eigenvalue weighted by molar-refractivity contribution is 0.356. The van der Waals surface area contributed by atoms with E-state index in [2.05, 4.69) is 21.7 Å². The topological polar surface area (TPSA) is 78.5 Å². The number of hydrogen-bond acceptors (Lipinski definition) is 4. The number of nitrogens with zero attached hydrogens (tertiary/aromatic N) is 3. The molecule has 0 spiro atoms. The van der Waals surface area contributed by atoms with Gasteiger partial charge in [-0.3, -0.25) is 0 Å². The highest BCUT2D eigenvalue weighted by molar-refractivity contribution is 5.25. The molecule has 1 rings (SSSR count). The molecule has 1 aromatic heterocycles. The number of aromatic amines is 1. The van der Waals surface area contributed by atoms with Crippen molar-refractivity contribution < 1.29 is 4.52 Å². The zero-order valence-electron chi connectivity index (χ0n) is 11.9. The van der Waals surface area contributed by atoms with Gasteiger partial charge in [0.15, 0.2) is 0 Å². The summed E-state index contributed by atoms with van der Waals surface area (Å²) < 4.78 is 4.86. The van der Waals surface area contributed by atoms with Gasteiger partial charge >= 0.3 is 0 Å². The normalized spacial score (nSPS) is 7.95. The summed E-state index contributed by atoms with van der Waals surface area (Å²) in [6.07, 6.45) is 2.90. The van der Waals surface area contributed by atoms with Gasteiger partial charge in [-0.05, 0) is 29.5 Å². The number of rotatable bonds is 0. The van der Waals surface area contributed by atoms with Crippen LogP contribution in [0.2, 0.25) is 0 Å². The molecule has 0 unspecified atom stereocenters. The summed E-state index contributed by atoms with van der Waals surface area (Å²) in [7, 11) is 0. The maximum atomic E-state index is 8.97. The number of H-pyrrole nitrogens is 1. The molecule has 0 radical (unpaired) electrons. The van der Waals surface area contributed by atoms with E-state index in [1.54, 1.807) is 36.4 Å². The Morgan fingerprint density at radius 2 is 1.41 bits per heavy atom. The fourth-order valence-electron chi connectivity index (χ4n) is 1.18. The smallest absolute Gasteiger partial charge is 0.121 e. The van der Waals surface area contributed by atoms with E-state index in [1.165, 1.54) is 12.5 Å². The maximum Gasteiger partial charge on any atom is 0.121 e. The third-order valence-electron chi connectivity index (χ3n) is 2.13. The van der Waals surface area contributed by atoms with Crippen molar-refractivity contribution in [2.24, 2.45) is 0 Å². The van der Waals surface area contributed by atoms with Gasteiger partial charge in [0.25, 0.3) is 0 Å². The molecule has 0 amide bonds. The second-order valence-corrected chi connectivity index (χ2v) is 3.73. The van der Waals surface area contributed by atoms with Crippen LogP contribution in [0, 0.1) is 11.3 Å². The van der Waals surface area contributed by atoms with E-state index in [0.717, 1.165) is 0 Å². The molecule has 1 heterocycles. The second kappa shape index (κ2) is 12.6. The average Bonchev–Trinajstić information content (AvgIpc) is 2.54. The molecule has 22 heavy (non-hydrogen) atoms. The number of aromatic nitrogens is 3. The van der Waals surface area contributed by atoms with Crippen LogP contribution < -0.4 is 0 Å². The minimum Gasteiger partial charge on any atom is -0.372 e. The van der Waals surface area contributed by atoms with Crippen molar-refractivity contribution in [3.05, 3.63) is 96.9 Å². The van der Waals surface area contributed by atoms with Crippen molar-refractivity contribution in [2.45, 2.75) is 0 Å². The monoisotopic (exact) mass is 292 g/mol. The molecule has 110 valence electrons. The third kappa shape index (κ3) is 9.53. The molecule has 5 nitrogen and oxygen atoms in total. The number of nitrogens with one attached hydrogen (secondary N) is 1. The first-order valence-corrected chi connectivity index (χ1v) is 6.51. The van der Waals surface area contributed by atoms with Gasteiger partial charge in [0.2, 0.25) is 0 Å². The largest absolute Gasteiger partial charge is 0.372 e. The zero-order chi connectivity index (χ0) is 15.7. The number of nitriles is 1. The summed E-state index contributed by atoms with van der Waals surface area (Å²) in [6, 6.07) is 25.4. The standard InChI is InChI=1S/C17H16N4O/c18-16-17-12-8-6-4-2-1-3-5-7-11-15-22-21-20-19-14-10-9-13-17/h1-15H,(H,19,21). The lowest BCUT2D eigenvalue weighted by Gasteiger charge is -1.76. The number of hydrogen-bond donors (Lipinski definition) is 1. The van der Waals surface area contributed by atoms with Gasteiger partial charge in [-0.2, -0.15) is 5.26 Å². The van der Waals surface area contributed by atoms with Crippen molar-refractivity contribution in [2.75, 3.05) is 0 Å². The van der Waals surface area contributed by atoms with Crippen molar-refractivity contribution in [3.63, 3.8) is 0 Å². The van der Waals surface area contributed by atoms with Gasteiger partial charge in [0.05, 0.1) is 17.8 Å². The van der Waals surface area contributed by atoms with E-state index in [-0.39, 0.29) is 0 Å². The van der Waals surface area contributed by atoms with Crippen LogP contribution in [0.3, 0.4) is 0 Å². The Labute approximate surface area is 129 Å². The first kappa shape index (κ1) is 16.7. The van der Waals surface area contributed by atoms with Crippen LogP contribution in [0.15, 0.2) is 95.8 Å². The van der Waals surface area contributed by atoms with E-state index < -0.39 is 0 Å². The third-order valence-corrected chi connectivity index (χ3v) is 2.13. The first-order valence-electron chi connectivity index (χ1n) is 6.51. The van der Waals surface area contributed by atoms with Crippen molar-refractivity contribution in [3.8, 4) is 6.07 Å². The quantitative estimate of drug-likeness (QED) is 0.789. The predicted octanol–water partition coefficient (Wildman–Crippen LogP) is 3.77. The minimum absolute atomic E-state index is 0.533. The van der Waals surface area contributed by atoms with Gasteiger partial charge in [0.1, 0.15) is 6.26 Å². The molecular formula is C17H16N4O. The fourth-order valence-corrected chi connectivity index (χ4v) is 1.18. The van der Waals surface area contributed by atoms with E-state index >= 15 is 0 Å². The highest BCUT2D eigenvalue weighted by atomic mass is 16.5. The Morgan fingerprint density at radius 3 is 2.09 bits per heavy atom. The van der Waals surface area contributed by atoms with Crippen LogP contribution in [0.1, 0.15) is 5.56 Å². The average molecular weight is 292 g/mol. The Kier molecular flexibility index (Phi) is 9.57. The molecule has 0 bridgehead atoms. The van der Waals surface area contributed by atoms with Crippen LogP contribution in [-0.2, 0) is 0 Å². The summed E-state index contributed by atoms with van der Waals surface area (Å²) in [5.74, 6) is 0. The van der Waals surface area contributed by atoms with E-state index in [0.29, 0.717) is 5.56 Å². The summed E-state index contributed by atoms with van der Waals surface area (Å²) in [6.45, 7) is 0. The minimum atomic E-state index is 0.533. The van der Waals surface area contributed by atoms with E-state index in [1.807, 2.05) is 42.5 Å². The molecule has 5 heteroatoms. The SMILES string of the molecule is N#Cc1ccccccccccco[nH]nncccc1. The van der Waals surface area contributed by atoms with Gasteiger partial charge in [-0.15, -0.1) is 10.4 Å². The van der Waals surface area contributed by atoms with Gasteiger partial charge < -0.3 is 4.52 Å². The summed E-state index contributed by atoms with van der Waals surface area (Å²) in [5.41, 5.74) is 0.533. The molecule has 1 N–H and O–H groups in total. The highest BCUT2D eigenvalue weighted by Crippen LogP contribution is 1.89. The van der Waals surface area contributed by atoms with Crippen LogP contribution in [-0.4, -0.2) is 15.6 Å². The molecule has 0 aliphatic heterocycles. The van der Waals surface area contributed by atoms with Gasteiger partial charge in [0, 0.05) is 0 Å². The van der Waals surface area contributed by atoms with Gasteiger partial charge in [-0.25, -0.2) is 0 Å². The zero-order valence-corrected chi connectivity index (χ0v) is 11.9. The molecule has 1 aromatic rings. The molecule has 0 aliphatic rings.